The normalized spacial score (nSPS) is 11.0. The second kappa shape index (κ2) is 7.73. The number of hydrogen-bond acceptors (Lipinski definition) is 7. The number of allylic oxidation sites excluding steroid dienone is 1. The number of imidazole rings is 1. The molecule has 4 aromatic rings. The number of ether oxygens (including phenoxy) is 1. The van der Waals surface area contributed by atoms with E-state index in [4.69, 9.17) is 9.15 Å². The minimum Gasteiger partial charge on any atom is -0.465 e. The second-order valence-corrected chi connectivity index (χ2v) is 6.79. The zero-order chi connectivity index (χ0) is 19.5. The van der Waals surface area contributed by atoms with E-state index in [2.05, 4.69) is 21.8 Å². The predicted octanol–water partition coefficient (Wildman–Crippen LogP) is 3.45. The van der Waals surface area contributed by atoms with Crippen LogP contribution in [-0.2, 0) is 17.0 Å². The minimum absolute atomic E-state index is 0.413. The first-order valence-corrected chi connectivity index (χ1v) is 9.45. The molecule has 0 atom stereocenters. The molecule has 8 nitrogen and oxygen atoms in total. The zero-order valence-electron chi connectivity index (χ0n) is 15.1. The fraction of sp³-hybridized carbons (Fsp3) is 0.158. The quantitative estimate of drug-likeness (QED) is 0.269. The molecule has 0 bridgehead atoms. The van der Waals surface area contributed by atoms with Crippen molar-refractivity contribution in [2.45, 2.75) is 17.5 Å². The molecular formula is C19H17N5O3S. The number of fused-ring (bicyclic) bond motifs is 1. The Kier molecular flexibility index (Phi) is 4.98. The summed E-state index contributed by atoms with van der Waals surface area (Å²) in [7, 11) is 1.36. The van der Waals surface area contributed by atoms with Crippen LogP contribution in [-0.4, -0.2) is 37.2 Å². The highest BCUT2D eigenvalue weighted by Gasteiger charge is 2.17. The van der Waals surface area contributed by atoms with Gasteiger partial charge in [-0.15, -0.1) is 16.8 Å². The van der Waals surface area contributed by atoms with E-state index in [9.17, 15) is 4.79 Å². The van der Waals surface area contributed by atoms with Crippen molar-refractivity contribution in [2.24, 2.45) is 0 Å². The van der Waals surface area contributed by atoms with Gasteiger partial charge in [0.05, 0.1) is 19.1 Å². The molecule has 0 spiro atoms. The summed E-state index contributed by atoms with van der Waals surface area (Å²) in [4.78, 5) is 16.5. The number of carbonyl (C=O) groups is 1. The van der Waals surface area contributed by atoms with Crippen molar-refractivity contribution in [3.8, 4) is 11.6 Å². The van der Waals surface area contributed by atoms with Crippen molar-refractivity contribution >= 4 is 23.4 Å². The van der Waals surface area contributed by atoms with Crippen LogP contribution < -0.4 is 0 Å². The second-order valence-electron chi connectivity index (χ2n) is 5.85. The molecule has 0 radical (unpaired) electrons. The average Bonchev–Trinajstić information content (AvgIpc) is 3.44. The Hall–Kier alpha value is -3.33. The van der Waals surface area contributed by atoms with E-state index >= 15 is 0 Å². The lowest BCUT2D eigenvalue weighted by molar-refractivity contribution is 0.0602. The summed E-state index contributed by atoms with van der Waals surface area (Å²) in [6.07, 6.45) is 7.12. The lowest BCUT2D eigenvalue weighted by atomic mass is 10.3. The van der Waals surface area contributed by atoms with Crippen molar-refractivity contribution < 1.29 is 13.9 Å². The summed E-state index contributed by atoms with van der Waals surface area (Å²) in [6, 6.07) is 7.13. The van der Waals surface area contributed by atoms with Gasteiger partial charge >= 0.3 is 5.97 Å². The standard InChI is InChI=1S/C19H17N5O3S/c1-3-8-24-17(15-7-5-10-27-15)21-22-19(24)28-12-13-11-23-9-4-6-14(16(23)20-13)18(25)26-2/h3-7,9-11H,1,8,12H2,2H3. The van der Waals surface area contributed by atoms with Gasteiger partial charge in [-0.25, -0.2) is 9.78 Å². The van der Waals surface area contributed by atoms with E-state index in [1.165, 1.54) is 18.9 Å². The van der Waals surface area contributed by atoms with Crippen molar-refractivity contribution in [3.63, 3.8) is 0 Å². The fourth-order valence-electron chi connectivity index (χ4n) is 2.82. The Morgan fingerprint density at radius 2 is 2.25 bits per heavy atom. The van der Waals surface area contributed by atoms with Crippen molar-refractivity contribution in [1.82, 2.24) is 24.1 Å². The van der Waals surface area contributed by atoms with Crippen LogP contribution in [0.2, 0.25) is 0 Å². The van der Waals surface area contributed by atoms with E-state index in [-0.39, 0.29) is 0 Å². The molecule has 0 aliphatic heterocycles. The van der Waals surface area contributed by atoms with Crippen molar-refractivity contribution in [2.75, 3.05) is 7.11 Å². The topological polar surface area (TPSA) is 87.5 Å². The number of aromatic nitrogens is 5. The predicted molar refractivity (Wildman–Crippen MR) is 104 cm³/mol. The summed E-state index contributed by atoms with van der Waals surface area (Å²) in [6.45, 7) is 4.36. The molecule has 0 unspecified atom stereocenters. The van der Waals surface area contributed by atoms with Gasteiger partial charge in [0, 0.05) is 24.7 Å². The first-order valence-electron chi connectivity index (χ1n) is 8.47. The van der Waals surface area contributed by atoms with Crippen LogP contribution >= 0.6 is 11.8 Å². The van der Waals surface area contributed by atoms with Gasteiger partial charge in [-0.1, -0.05) is 17.8 Å². The van der Waals surface area contributed by atoms with E-state index in [0.717, 1.165) is 10.9 Å². The van der Waals surface area contributed by atoms with Gasteiger partial charge < -0.3 is 13.6 Å². The number of pyridine rings is 1. The SMILES string of the molecule is C=CCn1c(SCc2cn3cccc(C(=O)OC)c3n2)nnc1-c1ccco1. The molecule has 28 heavy (non-hydrogen) atoms. The highest BCUT2D eigenvalue weighted by molar-refractivity contribution is 7.98. The Morgan fingerprint density at radius 3 is 3.00 bits per heavy atom. The number of thioether (sulfide) groups is 1. The van der Waals surface area contributed by atoms with Crippen LogP contribution in [0.5, 0.6) is 0 Å². The highest BCUT2D eigenvalue weighted by Crippen LogP contribution is 2.27. The molecule has 4 rings (SSSR count). The minimum atomic E-state index is -0.413. The van der Waals surface area contributed by atoms with Crippen LogP contribution in [0.1, 0.15) is 16.1 Å². The molecule has 0 aliphatic rings. The highest BCUT2D eigenvalue weighted by atomic mass is 32.2. The maximum atomic E-state index is 11.9. The van der Waals surface area contributed by atoms with Crippen LogP contribution in [0, 0.1) is 0 Å². The van der Waals surface area contributed by atoms with Gasteiger partial charge in [0.2, 0.25) is 5.82 Å². The Morgan fingerprint density at radius 1 is 1.36 bits per heavy atom. The molecule has 0 saturated carbocycles. The summed E-state index contributed by atoms with van der Waals surface area (Å²) in [5.74, 6) is 1.45. The maximum Gasteiger partial charge on any atom is 0.341 e. The third kappa shape index (κ3) is 3.31. The summed E-state index contributed by atoms with van der Waals surface area (Å²) in [5, 5.41) is 9.26. The zero-order valence-corrected chi connectivity index (χ0v) is 15.9. The van der Waals surface area contributed by atoms with Gasteiger partial charge in [0.1, 0.15) is 5.56 Å². The summed E-state index contributed by atoms with van der Waals surface area (Å²) in [5.41, 5.74) is 1.80. The molecule has 4 heterocycles. The van der Waals surface area contributed by atoms with E-state index in [1.807, 2.05) is 33.5 Å². The molecule has 142 valence electrons. The summed E-state index contributed by atoms with van der Waals surface area (Å²) < 4.78 is 14.0. The molecule has 0 fully saturated rings. The van der Waals surface area contributed by atoms with E-state index in [0.29, 0.717) is 35.1 Å². The Bertz CT molecular complexity index is 1130. The first kappa shape index (κ1) is 18.1. The van der Waals surface area contributed by atoms with E-state index < -0.39 is 5.97 Å². The van der Waals surface area contributed by atoms with Crippen LogP contribution in [0.25, 0.3) is 17.2 Å². The largest absolute Gasteiger partial charge is 0.465 e. The molecule has 0 aliphatic carbocycles. The molecule has 4 aromatic heterocycles. The van der Waals surface area contributed by atoms with Gasteiger partial charge in [-0.2, -0.15) is 0 Å². The number of methoxy groups -OCH3 is 1. The van der Waals surface area contributed by atoms with Gasteiger partial charge in [-0.05, 0) is 24.3 Å². The monoisotopic (exact) mass is 395 g/mol. The van der Waals surface area contributed by atoms with Gasteiger partial charge in [0.15, 0.2) is 16.6 Å². The fourth-order valence-corrected chi connectivity index (χ4v) is 3.65. The molecule has 0 amide bonds. The Balaban J connectivity index is 1.60. The lowest BCUT2D eigenvalue weighted by Gasteiger charge is -2.05. The average molecular weight is 395 g/mol. The number of rotatable bonds is 7. The van der Waals surface area contributed by atoms with Crippen LogP contribution in [0.4, 0.5) is 0 Å². The van der Waals surface area contributed by atoms with Crippen molar-refractivity contribution in [1.29, 1.82) is 0 Å². The smallest absolute Gasteiger partial charge is 0.341 e. The molecular weight excluding hydrogens is 378 g/mol. The molecule has 0 saturated heterocycles. The van der Waals surface area contributed by atoms with Crippen LogP contribution in [0.15, 0.2) is 65.2 Å². The number of furan rings is 1. The lowest BCUT2D eigenvalue weighted by Crippen LogP contribution is -2.03. The molecule has 0 aromatic carbocycles. The third-order valence-electron chi connectivity index (χ3n) is 4.06. The Labute approximate surface area is 164 Å². The van der Waals surface area contributed by atoms with Crippen molar-refractivity contribution in [3.05, 3.63) is 66.8 Å². The van der Waals surface area contributed by atoms with Gasteiger partial charge in [0.25, 0.3) is 0 Å². The van der Waals surface area contributed by atoms with E-state index in [1.54, 1.807) is 24.5 Å². The summed E-state index contributed by atoms with van der Waals surface area (Å²) >= 11 is 1.50. The van der Waals surface area contributed by atoms with Crippen LogP contribution in [0.3, 0.4) is 0 Å². The molecule has 9 heteroatoms. The number of esters is 1. The first-order chi connectivity index (χ1) is 13.7. The van der Waals surface area contributed by atoms with Gasteiger partial charge in [-0.3, -0.25) is 4.57 Å². The number of nitrogens with zero attached hydrogens (tertiary/aromatic N) is 5. The maximum absolute atomic E-state index is 11.9. The number of hydrogen-bond donors (Lipinski definition) is 0. The number of carbonyl (C=O) groups excluding carboxylic acids is 1. The third-order valence-corrected chi connectivity index (χ3v) is 5.06. The molecule has 0 N–H and O–H groups in total.